The topological polar surface area (TPSA) is 78.9 Å². The van der Waals surface area contributed by atoms with Gasteiger partial charge in [0.2, 0.25) is 0 Å². The predicted molar refractivity (Wildman–Crippen MR) is 74.0 cm³/mol. The van der Waals surface area contributed by atoms with Crippen LogP contribution in [0.25, 0.3) is 0 Å². The average molecular weight is 296 g/mol. The lowest BCUT2D eigenvalue weighted by Gasteiger charge is -2.35. The molecule has 2 amide bonds. The van der Waals surface area contributed by atoms with E-state index in [0.717, 1.165) is 18.2 Å². The molecule has 1 aliphatic heterocycles. The second kappa shape index (κ2) is 6.09. The molecule has 2 N–H and O–H groups in total. The summed E-state index contributed by atoms with van der Waals surface area (Å²) < 4.78 is 19.2. The SMILES string of the molecule is C[C@@H]1CN(C(=O)Nc2cc(C(=O)O)ccc2F)C[C@H](C)O1. The van der Waals surface area contributed by atoms with Gasteiger partial charge in [0.25, 0.3) is 0 Å². The van der Waals surface area contributed by atoms with E-state index in [1.165, 1.54) is 4.90 Å². The third-order valence-corrected chi connectivity index (χ3v) is 3.16. The van der Waals surface area contributed by atoms with E-state index in [4.69, 9.17) is 9.84 Å². The number of carbonyl (C=O) groups is 2. The van der Waals surface area contributed by atoms with Crippen molar-refractivity contribution in [1.29, 1.82) is 0 Å². The number of rotatable bonds is 2. The van der Waals surface area contributed by atoms with Gasteiger partial charge < -0.3 is 20.1 Å². The number of carboxylic acid groups (broad SMARTS) is 1. The molecule has 6 nitrogen and oxygen atoms in total. The van der Waals surface area contributed by atoms with Crippen molar-refractivity contribution in [3.63, 3.8) is 0 Å². The van der Waals surface area contributed by atoms with Gasteiger partial charge in [-0.05, 0) is 32.0 Å². The normalized spacial score (nSPS) is 22.0. The minimum Gasteiger partial charge on any atom is -0.478 e. The Bertz CT molecular complexity index is 554. The molecule has 21 heavy (non-hydrogen) atoms. The second-order valence-corrected chi connectivity index (χ2v) is 5.09. The van der Waals surface area contributed by atoms with Crippen molar-refractivity contribution in [2.45, 2.75) is 26.1 Å². The van der Waals surface area contributed by atoms with Gasteiger partial charge in [0.15, 0.2) is 0 Å². The number of nitrogens with one attached hydrogen (secondary N) is 1. The molecule has 1 saturated heterocycles. The maximum atomic E-state index is 13.7. The molecular weight excluding hydrogens is 279 g/mol. The van der Waals surface area contributed by atoms with Gasteiger partial charge in [-0.15, -0.1) is 0 Å². The fourth-order valence-corrected chi connectivity index (χ4v) is 2.29. The summed E-state index contributed by atoms with van der Waals surface area (Å²) in [6, 6.07) is 2.79. The summed E-state index contributed by atoms with van der Waals surface area (Å²) in [6.07, 6.45) is -0.204. The first-order chi connectivity index (χ1) is 9.86. The van der Waals surface area contributed by atoms with Crippen LogP contribution in [-0.2, 0) is 4.74 Å². The maximum Gasteiger partial charge on any atom is 0.335 e. The van der Waals surface area contributed by atoms with Gasteiger partial charge in [-0.2, -0.15) is 0 Å². The highest BCUT2D eigenvalue weighted by Gasteiger charge is 2.26. The van der Waals surface area contributed by atoms with E-state index in [1.807, 2.05) is 13.8 Å². The molecule has 0 saturated carbocycles. The largest absolute Gasteiger partial charge is 0.478 e. The maximum absolute atomic E-state index is 13.7. The van der Waals surface area contributed by atoms with Crippen molar-refractivity contribution in [3.05, 3.63) is 29.6 Å². The Morgan fingerprint density at radius 2 is 1.95 bits per heavy atom. The lowest BCUT2D eigenvalue weighted by atomic mass is 10.2. The number of aromatic carboxylic acids is 1. The van der Waals surface area contributed by atoms with Crippen LogP contribution in [0.2, 0.25) is 0 Å². The number of hydrogen-bond donors (Lipinski definition) is 2. The van der Waals surface area contributed by atoms with E-state index in [2.05, 4.69) is 5.32 Å². The first-order valence-electron chi connectivity index (χ1n) is 6.61. The van der Waals surface area contributed by atoms with Crippen LogP contribution in [0.1, 0.15) is 24.2 Å². The van der Waals surface area contributed by atoms with Gasteiger partial charge in [-0.25, -0.2) is 14.0 Å². The van der Waals surface area contributed by atoms with Gasteiger partial charge in [0, 0.05) is 13.1 Å². The number of halogens is 1. The van der Waals surface area contributed by atoms with Gasteiger partial charge in [-0.3, -0.25) is 0 Å². The summed E-state index contributed by atoms with van der Waals surface area (Å²) in [7, 11) is 0. The highest BCUT2D eigenvalue weighted by Crippen LogP contribution is 2.18. The van der Waals surface area contributed by atoms with Crippen LogP contribution >= 0.6 is 0 Å². The van der Waals surface area contributed by atoms with E-state index in [-0.39, 0.29) is 23.5 Å². The second-order valence-electron chi connectivity index (χ2n) is 5.09. The molecule has 0 aromatic heterocycles. The summed E-state index contributed by atoms with van der Waals surface area (Å²) in [4.78, 5) is 24.5. The van der Waals surface area contributed by atoms with Gasteiger partial charge in [0.1, 0.15) is 5.82 Å². The third-order valence-electron chi connectivity index (χ3n) is 3.16. The number of carbonyl (C=O) groups excluding carboxylic acids is 1. The van der Waals surface area contributed by atoms with Crippen molar-refractivity contribution in [2.24, 2.45) is 0 Å². The van der Waals surface area contributed by atoms with Crippen molar-refractivity contribution in [3.8, 4) is 0 Å². The highest BCUT2D eigenvalue weighted by molar-refractivity contribution is 5.93. The van der Waals surface area contributed by atoms with E-state index >= 15 is 0 Å². The summed E-state index contributed by atoms with van der Waals surface area (Å²) in [5.74, 6) is -1.86. The van der Waals surface area contributed by atoms with Gasteiger partial charge in [0.05, 0.1) is 23.5 Å². The molecule has 0 spiro atoms. The summed E-state index contributed by atoms with van der Waals surface area (Å²) in [6.45, 7) is 4.50. The Hall–Kier alpha value is -2.15. The molecule has 0 unspecified atom stereocenters. The first kappa shape index (κ1) is 15.2. The smallest absolute Gasteiger partial charge is 0.335 e. The molecule has 1 aliphatic rings. The van der Waals surface area contributed by atoms with Crippen molar-refractivity contribution in [2.75, 3.05) is 18.4 Å². The monoisotopic (exact) mass is 296 g/mol. The number of hydrogen-bond acceptors (Lipinski definition) is 3. The molecule has 7 heteroatoms. The van der Waals surface area contributed by atoms with E-state index in [1.54, 1.807) is 0 Å². The Balaban J connectivity index is 2.12. The van der Waals surface area contributed by atoms with E-state index < -0.39 is 17.8 Å². The lowest BCUT2D eigenvalue weighted by Crippen LogP contribution is -2.49. The fraction of sp³-hybridized carbons (Fsp3) is 0.429. The zero-order valence-corrected chi connectivity index (χ0v) is 11.8. The number of amides is 2. The zero-order valence-electron chi connectivity index (χ0n) is 11.8. The number of morpholine rings is 1. The molecule has 114 valence electrons. The third kappa shape index (κ3) is 3.69. The minimum absolute atomic E-state index is 0.0876. The summed E-state index contributed by atoms with van der Waals surface area (Å²) >= 11 is 0. The Kier molecular flexibility index (Phi) is 4.42. The zero-order chi connectivity index (χ0) is 15.6. The van der Waals surface area contributed by atoms with Crippen LogP contribution in [0.4, 0.5) is 14.9 Å². The van der Waals surface area contributed by atoms with Crippen LogP contribution in [0.3, 0.4) is 0 Å². The van der Waals surface area contributed by atoms with Crippen LogP contribution in [0, 0.1) is 5.82 Å². The molecule has 2 rings (SSSR count). The fourth-order valence-electron chi connectivity index (χ4n) is 2.29. The van der Waals surface area contributed by atoms with Crippen LogP contribution in [0.15, 0.2) is 18.2 Å². The Morgan fingerprint density at radius 3 is 2.52 bits per heavy atom. The quantitative estimate of drug-likeness (QED) is 0.876. The van der Waals surface area contributed by atoms with Gasteiger partial charge >= 0.3 is 12.0 Å². The summed E-state index contributed by atoms with van der Waals surface area (Å²) in [5, 5.41) is 11.3. The molecule has 0 bridgehead atoms. The molecule has 0 radical (unpaired) electrons. The van der Waals surface area contributed by atoms with Crippen molar-refractivity contribution >= 4 is 17.7 Å². The average Bonchev–Trinajstić information content (AvgIpc) is 2.39. The first-order valence-corrected chi connectivity index (χ1v) is 6.61. The standard InChI is InChI=1S/C14H17FN2O4/c1-8-6-17(7-9(2)21-8)14(20)16-12-5-10(13(18)19)3-4-11(12)15/h3-5,8-9H,6-7H2,1-2H3,(H,16,20)(H,18,19)/t8-,9+. The molecule has 1 heterocycles. The van der Waals surface area contributed by atoms with Crippen molar-refractivity contribution in [1.82, 2.24) is 4.90 Å². The highest BCUT2D eigenvalue weighted by atomic mass is 19.1. The number of urea groups is 1. The van der Waals surface area contributed by atoms with Crippen LogP contribution < -0.4 is 5.32 Å². The van der Waals surface area contributed by atoms with Crippen LogP contribution in [0.5, 0.6) is 0 Å². The van der Waals surface area contributed by atoms with Crippen LogP contribution in [-0.4, -0.2) is 47.3 Å². The Labute approximate surface area is 121 Å². The molecule has 1 fully saturated rings. The number of carboxylic acids is 1. The minimum atomic E-state index is -1.18. The van der Waals surface area contributed by atoms with E-state index in [9.17, 15) is 14.0 Å². The number of ether oxygens (including phenoxy) is 1. The lowest BCUT2D eigenvalue weighted by molar-refractivity contribution is -0.0530. The number of nitrogens with zero attached hydrogens (tertiary/aromatic N) is 1. The molecular formula is C14H17FN2O4. The molecule has 0 aliphatic carbocycles. The molecule has 1 aromatic rings. The van der Waals surface area contributed by atoms with Crippen molar-refractivity contribution < 1.29 is 23.8 Å². The Morgan fingerprint density at radius 1 is 1.33 bits per heavy atom. The summed E-state index contributed by atoms with van der Waals surface area (Å²) in [5.41, 5.74) is -0.234. The molecule has 1 aromatic carbocycles. The molecule has 2 atom stereocenters. The van der Waals surface area contributed by atoms with E-state index in [0.29, 0.717) is 13.1 Å². The van der Waals surface area contributed by atoms with Gasteiger partial charge in [-0.1, -0.05) is 0 Å². The number of anilines is 1. The number of benzene rings is 1. The predicted octanol–water partition coefficient (Wildman–Crippen LogP) is 2.17.